The van der Waals surface area contributed by atoms with Gasteiger partial charge in [0.25, 0.3) is 5.91 Å². The lowest BCUT2D eigenvalue weighted by Gasteiger charge is -2.04. The Bertz CT molecular complexity index is 1640. The molecule has 0 radical (unpaired) electrons. The standard InChI is InChI=1S/C27H26ClN7O2/c1-17(36)2-6-23-22(27(37)29-11-24-25-10-20(28)8-9-33(25)16-30-24)15-35(32-23)14-21-13-34-12-19(18-3-4-18)5-7-26(34)31-21/h5,7-10,12-13,15-16,18H,2-4,6,11,14H2,1H3,(H,29,37). The predicted molar refractivity (Wildman–Crippen MR) is 139 cm³/mol. The Hall–Kier alpha value is -3.98. The molecule has 0 spiro atoms. The largest absolute Gasteiger partial charge is 0.346 e. The summed E-state index contributed by atoms with van der Waals surface area (Å²) >= 11 is 6.13. The Balaban J connectivity index is 1.22. The highest BCUT2D eigenvalue weighted by Gasteiger charge is 2.24. The van der Waals surface area contributed by atoms with E-state index in [0.29, 0.717) is 47.3 Å². The SMILES string of the molecule is CC(=O)CCc1nn(Cc2cn3cc(C4CC4)ccc3n2)cc1C(=O)NCc1ncn2ccc(Cl)cc12. The molecule has 6 rings (SSSR count). The van der Waals surface area contributed by atoms with Gasteiger partial charge in [-0.25, -0.2) is 9.97 Å². The molecule has 1 amide bonds. The number of amides is 1. The van der Waals surface area contributed by atoms with Crippen LogP contribution < -0.4 is 5.32 Å². The second kappa shape index (κ2) is 9.48. The van der Waals surface area contributed by atoms with E-state index in [1.54, 1.807) is 23.3 Å². The molecule has 10 heteroatoms. The molecule has 1 fully saturated rings. The van der Waals surface area contributed by atoms with Crippen molar-refractivity contribution in [2.45, 2.75) is 51.6 Å². The number of Topliss-reactive ketones (excluding diaryl/α,β-unsaturated/α-hetero) is 1. The van der Waals surface area contributed by atoms with E-state index in [1.807, 2.05) is 28.9 Å². The number of nitrogens with one attached hydrogen (secondary N) is 1. The summed E-state index contributed by atoms with van der Waals surface area (Å²) in [5.41, 5.74) is 5.65. The number of hydrogen-bond donors (Lipinski definition) is 1. The van der Waals surface area contributed by atoms with Crippen molar-refractivity contribution >= 4 is 34.5 Å². The minimum atomic E-state index is -0.267. The first-order valence-electron chi connectivity index (χ1n) is 12.4. The molecule has 0 bridgehead atoms. The van der Waals surface area contributed by atoms with Crippen LogP contribution in [0.5, 0.6) is 0 Å². The highest BCUT2D eigenvalue weighted by atomic mass is 35.5. The molecule has 1 saturated carbocycles. The molecule has 0 unspecified atom stereocenters. The fourth-order valence-corrected chi connectivity index (χ4v) is 4.74. The number of aryl methyl sites for hydroxylation is 1. The van der Waals surface area contributed by atoms with Crippen molar-refractivity contribution < 1.29 is 9.59 Å². The summed E-state index contributed by atoms with van der Waals surface area (Å²) in [6.45, 7) is 2.20. The average Bonchev–Trinajstić information content (AvgIpc) is 3.35. The van der Waals surface area contributed by atoms with Crippen molar-refractivity contribution in [1.82, 2.24) is 33.9 Å². The highest BCUT2D eigenvalue weighted by molar-refractivity contribution is 6.30. The van der Waals surface area contributed by atoms with Gasteiger partial charge in [-0.3, -0.25) is 9.48 Å². The van der Waals surface area contributed by atoms with Crippen LogP contribution in [-0.2, 0) is 24.3 Å². The first-order valence-corrected chi connectivity index (χ1v) is 12.7. The second-order valence-electron chi connectivity index (χ2n) is 9.63. The van der Waals surface area contributed by atoms with Crippen LogP contribution in [0.2, 0.25) is 5.02 Å². The summed E-state index contributed by atoms with van der Waals surface area (Å²) in [5, 5.41) is 8.20. The molecule has 9 nitrogen and oxygen atoms in total. The molecular formula is C27H26ClN7O2. The average molecular weight is 516 g/mol. The molecule has 0 aromatic carbocycles. The van der Waals surface area contributed by atoms with E-state index in [9.17, 15) is 9.59 Å². The number of aromatic nitrogens is 6. The lowest BCUT2D eigenvalue weighted by Crippen LogP contribution is -2.24. The number of carbonyl (C=O) groups is 2. The Labute approximate surface area is 218 Å². The number of hydrogen-bond acceptors (Lipinski definition) is 5. The van der Waals surface area contributed by atoms with Crippen LogP contribution >= 0.6 is 11.6 Å². The van der Waals surface area contributed by atoms with E-state index in [-0.39, 0.29) is 18.2 Å². The van der Waals surface area contributed by atoms with Gasteiger partial charge in [-0.2, -0.15) is 5.10 Å². The van der Waals surface area contributed by atoms with Crippen LogP contribution in [0.25, 0.3) is 11.2 Å². The smallest absolute Gasteiger partial charge is 0.255 e. The minimum absolute atomic E-state index is 0.0501. The van der Waals surface area contributed by atoms with Crippen molar-refractivity contribution in [1.29, 1.82) is 0 Å². The fraction of sp³-hybridized carbons (Fsp3) is 0.296. The minimum Gasteiger partial charge on any atom is -0.346 e. The number of halogens is 1. The van der Waals surface area contributed by atoms with Gasteiger partial charge in [0.2, 0.25) is 0 Å². The van der Waals surface area contributed by atoms with Gasteiger partial charge >= 0.3 is 0 Å². The number of nitrogens with zero attached hydrogens (tertiary/aromatic N) is 6. The lowest BCUT2D eigenvalue weighted by molar-refractivity contribution is -0.117. The topological polar surface area (TPSA) is 98.6 Å². The maximum Gasteiger partial charge on any atom is 0.255 e. The van der Waals surface area contributed by atoms with Crippen molar-refractivity contribution in [3.8, 4) is 0 Å². The van der Waals surface area contributed by atoms with E-state index < -0.39 is 0 Å². The fourth-order valence-electron chi connectivity index (χ4n) is 4.58. The van der Waals surface area contributed by atoms with Crippen LogP contribution in [0.4, 0.5) is 0 Å². The van der Waals surface area contributed by atoms with Gasteiger partial charge in [0, 0.05) is 36.2 Å². The molecule has 0 atom stereocenters. The van der Waals surface area contributed by atoms with Crippen LogP contribution in [-0.4, -0.2) is 40.2 Å². The van der Waals surface area contributed by atoms with Crippen molar-refractivity contribution in [3.05, 3.63) is 88.6 Å². The Morgan fingerprint density at radius 3 is 2.78 bits per heavy atom. The van der Waals surface area contributed by atoms with Gasteiger partial charge in [0.15, 0.2) is 0 Å². The molecule has 5 heterocycles. The Kier molecular flexibility index (Phi) is 6.00. The highest BCUT2D eigenvalue weighted by Crippen LogP contribution is 2.39. The maximum atomic E-state index is 13.2. The van der Waals surface area contributed by atoms with Crippen LogP contribution in [0, 0.1) is 0 Å². The first kappa shape index (κ1) is 23.4. The second-order valence-corrected chi connectivity index (χ2v) is 10.1. The number of imidazole rings is 2. The van der Waals surface area contributed by atoms with Crippen molar-refractivity contribution in [3.63, 3.8) is 0 Å². The van der Waals surface area contributed by atoms with Gasteiger partial charge < -0.3 is 18.9 Å². The number of rotatable bonds is 9. The zero-order valence-electron chi connectivity index (χ0n) is 20.4. The molecule has 188 valence electrons. The molecule has 37 heavy (non-hydrogen) atoms. The van der Waals surface area contributed by atoms with Crippen LogP contribution in [0.1, 0.15) is 65.1 Å². The summed E-state index contributed by atoms with van der Waals surface area (Å²) in [5.74, 6) is 0.453. The summed E-state index contributed by atoms with van der Waals surface area (Å²) in [7, 11) is 0. The summed E-state index contributed by atoms with van der Waals surface area (Å²) in [6.07, 6.45) is 12.6. The van der Waals surface area contributed by atoms with Gasteiger partial charge in [-0.15, -0.1) is 0 Å². The van der Waals surface area contributed by atoms with E-state index >= 15 is 0 Å². The van der Waals surface area contributed by atoms with Crippen LogP contribution in [0.3, 0.4) is 0 Å². The summed E-state index contributed by atoms with van der Waals surface area (Å²) < 4.78 is 5.63. The van der Waals surface area contributed by atoms with Gasteiger partial charge in [0.1, 0.15) is 11.4 Å². The quantitative estimate of drug-likeness (QED) is 0.317. The van der Waals surface area contributed by atoms with Gasteiger partial charge in [-0.1, -0.05) is 17.7 Å². The van der Waals surface area contributed by atoms with E-state index in [2.05, 4.69) is 32.1 Å². The Morgan fingerprint density at radius 2 is 1.97 bits per heavy atom. The predicted octanol–water partition coefficient (Wildman–Crippen LogP) is 4.21. The molecule has 5 aromatic heterocycles. The third kappa shape index (κ3) is 4.99. The van der Waals surface area contributed by atoms with Gasteiger partial charge in [-0.05, 0) is 55.9 Å². The van der Waals surface area contributed by atoms with Crippen molar-refractivity contribution in [2.75, 3.05) is 0 Å². The van der Waals surface area contributed by atoms with Crippen molar-refractivity contribution in [2.24, 2.45) is 0 Å². The Morgan fingerprint density at radius 1 is 1.11 bits per heavy atom. The summed E-state index contributed by atoms with van der Waals surface area (Å²) in [6, 6.07) is 7.79. The first-order chi connectivity index (χ1) is 17.9. The zero-order valence-corrected chi connectivity index (χ0v) is 21.1. The van der Waals surface area contributed by atoms with Crippen LogP contribution in [0.15, 0.2) is 55.4 Å². The lowest BCUT2D eigenvalue weighted by atomic mass is 10.1. The van der Waals surface area contributed by atoms with E-state index in [4.69, 9.17) is 16.6 Å². The zero-order chi connectivity index (χ0) is 25.5. The third-order valence-electron chi connectivity index (χ3n) is 6.69. The van der Waals surface area contributed by atoms with E-state index in [0.717, 1.165) is 16.9 Å². The number of pyridine rings is 2. The number of carbonyl (C=O) groups excluding carboxylic acids is 2. The molecule has 0 saturated heterocycles. The molecule has 1 aliphatic carbocycles. The molecule has 5 aromatic rings. The third-order valence-corrected chi connectivity index (χ3v) is 6.93. The maximum absolute atomic E-state index is 13.2. The van der Waals surface area contributed by atoms with Gasteiger partial charge in [0.05, 0.1) is 47.6 Å². The number of ketones is 1. The molecule has 1 N–H and O–H groups in total. The summed E-state index contributed by atoms with van der Waals surface area (Å²) in [4.78, 5) is 34.0. The number of fused-ring (bicyclic) bond motifs is 2. The van der Waals surface area contributed by atoms with E-state index in [1.165, 1.54) is 25.3 Å². The normalized spacial score (nSPS) is 13.5. The molecular weight excluding hydrogens is 490 g/mol. The molecule has 1 aliphatic rings. The monoisotopic (exact) mass is 515 g/mol. The molecule has 0 aliphatic heterocycles.